The smallest absolute Gasteiger partial charge is 0.318 e. The largest absolute Gasteiger partial charge is 0.493 e. The highest BCUT2D eigenvalue weighted by Crippen LogP contribution is 2.33. The zero-order valence-corrected chi connectivity index (χ0v) is 16.4. The average Bonchev–Trinajstić information content (AvgIpc) is 2.93. The van der Waals surface area contributed by atoms with E-state index in [1.807, 2.05) is 33.8 Å². The summed E-state index contributed by atoms with van der Waals surface area (Å²) in [4.78, 5) is 28.5. The number of methoxy groups -OCH3 is 2. The first-order valence-corrected chi connectivity index (χ1v) is 8.89. The van der Waals surface area contributed by atoms with Gasteiger partial charge in [0.15, 0.2) is 11.5 Å². The summed E-state index contributed by atoms with van der Waals surface area (Å²) in [6, 6.07) is 5.19. The van der Waals surface area contributed by atoms with Crippen LogP contribution in [0.5, 0.6) is 11.5 Å². The molecule has 7 heteroatoms. The van der Waals surface area contributed by atoms with Crippen LogP contribution in [0, 0.1) is 0 Å². The first-order valence-electron chi connectivity index (χ1n) is 8.89. The van der Waals surface area contributed by atoms with E-state index in [2.05, 4.69) is 5.32 Å². The summed E-state index contributed by atoms with van der Waals surface area (Å²) >= 11 is 0. The van der Waals surface area contributed by atoms with Crippen molar-refractivity contribution >= 4 is 17.6 Å². The highest BCUT2D eigenvalue weighted by atomic mass is 16.5. The van der Waals surface area contributed by atoms with Gasteiger partial charge < -0.3 is 24.6 Å². The number of nitrogens with one attached hydrogen (secondary N) is 1. The van der Waals surface area contributed by atoms with Gasteiger partial charge in [-0.25, -0.2) is 4.79 Å². The molecule has 1 aliphatic rings. The van der Waals surface area contributed by atoms with E-state index < -0.39 is 0 Å². The zero-order chi connectivity index (χ0) is 19.4. The number of anilines is 1. The minimum absolute atomic E-state index is 0.0248. The Hall–Kier alpha value is -2.44. The summed E-state index contributed by atoms with van der Waals surface area (Å²) in [5.74, 6) is 1.15. The average molecular weight is 363 g/mol. The molecule has 144 valence electrons. The lowest BCUT2D eigenvalue weighted by molar-refractivity contribution is -0.117. The first-order chi connectivity index (χ1) is 12.3. The lowest BCUT2D eigenvalue weighted by Crippen LogP contribution is -2.51. The highest BCUT2D eigenvalue weighted by Gasteiger charge is 2.33. The Morgan fingerprint density at radius 2 is 1.77 bits per heavy atom. The van der Waals surface area contributed by atoms with Gasteiger partial charge in [-0.05, 0) is 39.8 Å². The summed E-state index contributed by atoms with van der Waals surface area (Å²) in [6.07, 6.45) is 0.282. The molecule has 1 fully saturated rings. The number of urea groups is 1. The van der Waals surface area contributed by atoms with Crippen molar-refractivity contribution in [1.29, 1.82) is 0 Å². The third-order valence-corrected chi connectivity index (χ3v) is 4.48. The molecule has 7 nitrogen and oxygen atoms in total. The van der Waals surface area contributed by atoms with Crippen molar-refractivity contribution in [3.8, 4) is 11.5 Å². The second kappa shape index (κ2) is 8.29. The number of ether oxygens (including phenoxy) is 2. The van der Waals surface area contributed by atoms with E-state index in [0.717, 1.165) is 5.69 Å². The summed E-state index contributed by atoms with van der Waals surface area (Å²) in [5.41, 5.74) is 0.731. The van der Waals surface area contributed by atoms with Crippen molar-refractivity contribution in [2.24, 2.45) is 0 Å². The second-order valence-corrected chi connectivity index (χ2v) is 6.99. The third kappa shape index (κ3) is 4.20. The number of hydrogen-bond donors (Lipinski definition) is 1. The van der Waals surface area contributed by atoms with Crippen LogP contribution in [0.3, 0.4) is 0 Å². The molecule has 0 radical (unpaired) electrons. The molecule has 1 atom stereocenters. The molecule has 1 aromatic rings. The van der Waals surface area contributed by atoms with Gasteiger partial charge in [0.25, 0.3) is 0 Å². The van der Waals surface area contributed by atoms with Gasteiger partial charge in [0.1, 0.15) is 0 Å². The quantitative estimate of drug-likeness (QED) is 0.843. The van der Waals surface area contributed by atoms with Crippen molar-refractivity contribution in [2.75, 3.05) is 25.7 Å². The minimum atomic E-state index is -0.219. The predicted octanol–water partition coefficient (Wildman–Crippen LogP) is 2.64. The van der Waals surface area contributed by atoms with E-state index >= 15 is 0 Å². The van der Waals surface area contributed by atoms with Crippen LogP contribution < -0.4 is 19.7 Å². The molecule has 0 aliphatic carbocycles. The SMILES string of the molecule is COc1ccc(N2C[C@@H](NC(=O)N(C(C)C)C(C)C)CC2=O)cc1OC. The van der Waals surface area contributed by atoms with Crippen LogP contribution in [0.1, 0.15) is 34.1 Å². The molecule has 0 bridgehead atoms. The van der Waals surface area contributed by atoms with Gasteiger partial charge in [-0.2, -0.15) is 0 Å². The fourth-order valence-electron chi connectivity index (χ4n) is 3.36. The fourth-order valence-corrected chi connectivity index (χ4v) is 3.36. The minimum Gasteiger partial charge on any atom is -0.493 e. The Kier molecular flexibility index (Phi) is 6.34. The Bertz CT molecular complexity index is 652. The van der Waals surface area contributed by atoms with E-state index in [1.165, 1.54) is 0 Å². The molecule has 1 N–H and O–H groups in total. The maximum atomic E-state index is 12.6. The van der Waals surface area contributed by atoms with Crippen molar-refractivity contribution in [3.63, 3.8) is 0 Å². The molecular formula is C19H29N3O4. The highest BCUT2D eigenvalue weighted by molar-refractivity contribution is 5.97. The van der Waals surface area contributed by atoms with Crippen molar-refractivity contribution in [2.45, 2.75) is 52.2 Å². The second-order valence-electron chi connectivity index (χ2n) is 6.99. The van der Waals surface area contributed by atoms with Crippen LogP contribution >= 0.6 is 0 Å². The van der Waals surface area contributed by atoms with E-state index in [-0.39, 0.29) is 36.5 Å². The van der Waals surface area contributed by atoms with E-state index in [4.69, 9.17) is 9.47 Å². The van der Waals surface area contributed by atoms with Gasteiger partial charge in [-0.15, -0.1) is 0 Å². The third-order valence-electron chi connectivity index (χ3n) is 4.48. The Balaban J connectivity index is 2.10. The van der Waals surface area contributed by atoms with Gasteiger partial charge in [-0.3, -0.25) is 4.79 Å². The number of amides is 3. The summed E-state index contributed by atoms with van der Waals surface area (Å²) in [5, 5.41) is 2.99. The fraction of sp³-hybridized carbons (Fsp3) is 0.579. The molecule has 1 saturated heterocycles. The zero-order valence-electron chi connectivity index (χ0n) is 16.4. The molecule has 2 rings (SSSR count). The van der Waals surface area contributed by atoms with Gasteiger partial charge >= 0.3 is 6.03 Å². The summed E-state index contributed by atoms with van der Waals surface area (Å²) in [7, 11) is 3.13. The first kappa shape index (κ1) is 19.9. The van der Waals surface area contributed by atoms with E-state index in [0.29, 0.717) is 18.0 Å². The van der Waals surface area contributed by atoms with E-state index in [9.17, 15) is 9.59 Å². The van der Waals surface area contributed by atoms with Gasteiger partial charge in [0, 0.05) is 36.8 Å². The molecule has 0 saturated carbocycles. The molecule has 0 unspecified atom stereocenters. The monoisotopic (exact) mass is 363 g/mol. The number of carbonyl (C=O) groups excluding carboxylic acids is 2. The van der Waals surface area contributed by atoms with Gasteiger partial charge in [0.05, 0.1) is 20.3 Å². The van der Waals surface area contributed by atoms with Gasteiger partial charge in [0.2, 0.25) is 5.91 Å². The summed E-state index contributed by atoms with van der Waals surface area (Å²) in [6.45, 7) is 8.36. The number of rotatable bonds is 6. The molecule has 1 aromatic carbocycles. The normalized spacial score (nSPS) is 17.0. The maximum Gasteiger partial charge on any atom is 0.318 e. The Labute approximate surface area is 155 Å². The standard InChI is InChI=1S/C19H29N3O4/c1-12(2)22(13(3)4)19(24)20-14-9-18(23)21(11-14)15-7-8-16(25-5)17(10-15)26-6/h7-8,10,12-14H,9,11H2,1-6H3,(H,20,24)/t14-/m0/s1. The number of carbonyl (C=O) groups is 2. The van der Waals surface area contributed by atoms with Crippen LogP contribution in [0.15, 0.2) is 18.2 Å². The van der Waals surface area contributed by atoms with Crippen LogP contribution in [0.25, 0.3) is 0 Å². The molecule has 0 spiro atoms. The number of hydrogen-bond acceptors (Lipinski definition) is 4. The number of nitrogens with zero attached hydrogens (tertiary/aromatic N) is 2. The van der Waals surface area contributed by atoms with Crippen LogP contribution in [0.4, 0.5) is 10.5 Å². The van der Waals surface area contributed by atoms with Crippen molar-refractivity contribution in [3.05, 3.63) is 18.2 Å². The molecule has 0 aromatic heterocycles. The van der Waals surface area contributed by atoms with Crippen LogP contribution in [-0.4, -0.2) is 55.7 Å². The molecule has 1 aliphatic heterocycles. The molecule has 1 heterocycles. The lowest BCUT2D eigenvalue weighted by atomic mass is 10.2. The predicted molar refractivity (Wildman–Crippen MR) is 101 cm³/mol. The topological polar surface area (TPSA) is 71.1 Å². The summed E-state index contributed by atoms with van der Waals surface area (Å²) < 4.78 is 10.5. The molecular weight excluding hydrogens is 334 g/mol. The van der Waals surface area contributed by atoms with Crippen molar-refractivity contribution in [1.82, 2.24) is 10.2 Å². The molecule has 3 amide bonds. The lowest BCUT2D eigenvalue weighted by Gasteiger charge is -2.32. The van der Waals surface area contributed by atoms with E-state index in [1.54, 1.807) is 36.2 Å². The van der Waals surface area contributed by atoms with Gasteiger partial charge in [-0.1, -0.05) is 0 Å². The Morgan fingerprint density at radius 3 is 2.31 bits per heavy atom. The Morgan fingerprint density at radius 1 is 1.15 bits per heavy atom. The van der Waals surface area contributed by atoms with Crippen LogP contribution in [0.2, 0.25) is 0 Å². The number of benzene rings is 1. The van der Waals surface area contributed by atoms with Crippen molar-refractivity contribution < 1.29 is 19.1 Å². The van der Waals surface area contributed by atoms with Crippen LogP contribution in [-0.2, 0) is 4.79 Å². The molecule has 26 heavy (non-hydrogen) atoms. The maximum absolute atomic E-state index is 12.6.